The molecule has 7 heteroatoms. The van der Waals surface area contributed by atoms with E-state index in [0.717, 1.165) is 18.4 Å². The third kappa shape index (κ3) is 6.19. The van der Waals surface area contributed by atoms with Crippen LogP contribution in [0.15, 0.2) is 83.8 Å². The van der Waals surface area contributed by atoms with Gasteiger partial charge in [0.2, 0.25) is 10.0 Å². The first kappa shape index (κ1) is 24.0. The highest BCUT2D eigenvalue weighted by molar-refractivity contribution is 7.89. The Labute approximate surface area is 195 Å². The third-order valence-corrected chi connectivity index (χ3v) is 7.35. The van der Waals surface area contributed by atoms with Gasteiger partial charge in [0.15, 0.2) is 0 Å². The molecule has 3 aromatic rings. The zero-order valence-corrected chi connectivity index (χ0v) is 19.7. The first-order valence-electron chi connectivity index (χ1n) is 10.4. The van der Waals surface area contributed by atoms with Gasteiger partial charge in [0, 0.05) is 19.6 Å². The Morgan fingerprint density at radius 1 is 0.969 bits per heavy atom. The van der Waals surface area contributed by atoms with Crippen LogP contribution in [0.1, 0.15) is 34.8 Å². The summed E-state index contributed by atoms with van der Waals surface area (Å²) in [7, 11) is -2.27. The van der Waals surface area contributed by atoms with Gasteiger partial charge in [-0.15, -0.1) is 0 Å². The minimum Gasteiger partial charge on any atom is -0.350 e. The maximum absolute atomic E-state index is 13.1. The summed E-state index contributed by atoms with van der Waals surface area (Å²) in [6.45, 7) is 2.15. The Morgan fingerprint density at radius 3 is 2.19 bits per heavy atom. The summed E-state index contributed by atoms with van der Waals surface area (Å²) in [5.74, 6) is -0.390. The number of carbonyl (C=O) groups excluding carboxylic acids is 1. The fraction of sp³-hybridized carbons (Fsp3) is 0.240. The van der Waals surface area contributed by atoms with E-state index >= 15 is 0 Å². The summed E-state index contributed by atoms with van der Waals surface area (Å²) in [6.07, 6.45) is 1.58. The minimum atomic E-state index is -3.79. The molecule has 1 unspecified atom stereocenters. The lowest BCUT2D eigenvalue weighted by Gasteiger charge is -2.19. The number of aryl methyl sites for hydroxylation is 1. The van der Waals surface area contributed by atoms with Gasteiger partial charge in [-0.25, -0.2) is 8.42 Å². The van der Waals surface area contributed by atoms with Crippen LogP contribution in [0.4, 0.5) is 0 Å². The van der Waals surface area contributed by atoms with E-state index in [2.05, 4.69) is 5.32 Å². The van der Waals surface area contributed by atoms with Crippen molar-refractivity contribution in [1.29, 1.82) is 0 Å². The highest BCUT2D eigenvalue weighted by Crippen LogP contribution is 2.24. The van der Waals surface area contributed by atoms with Gasteiger partial charge >= 0.3 is 0 Å². The van der Waals surface area contributed by atoms with Crippen molar-refractivity contribution in [3.05, 3.63) is 101 Å². The molecule has 3 rings (SSSR count). The van der Waals surface area contributed by atoms with Crippen molar-refractivity contribution in [2.24, 2.45) is 0 Å². The van der Waals surface area contributed by atoms with Crippen molar-refractivity contribution < 1.29 is 13.2 Å². The SMILES string of the molecule is CC(CCc1ccccc1)NC(=O)c1cc(S(=O)(=O)N(C)Cc2ccccc2)ccc1Cl. The number of sulfonamides is 1. The first-order chi connectivity index (χ1) is 15.3. The van der Waals surface area contributed by atoms with Gasteiger partial charge in [0.05, 0.1) is 15.5 Å². The number of rotatable bonds is 9. The molecule has 0 saturated carbocycles. The van der Waals surface area contributed by atoms with Crippen molar-refractivity contribution in [2.75, 3.05) is 7.05 Å². The Hall–Kier alpha value is -2.67. The quantitative estimate of drug-likeness (QED) is 0.483. The van der Waals surface area contributed by atoms with Crippen molar-refractivity contribution in [2.45, 2.75) is 37.2 Å². The van der Waals surface area contributed by atoms with E-state index in [9.17, 15) is 13.2 Å². The van der Waals surface area contributed by atoms with Crippen LogP contribution >= 0.6 is 11.6 Å². The molecule has 0 fully saturated rings. The topological polar surface area (TPSA) is 66.5 Å². The van der Waals surface area contributed by atoms with Crippen molar-refractivity contribution in [3.8, 4) is 0 Å². The Bertz CT molecular complexity index is 1150. The predicted molar refractivity (Wildman–Crippen MR) is 128 cm³/mol. The van der Waals surface area contributed by atoms with Crippen LogP contribution in [-0.2, 0) is 23.0 Å². The van der Waals surface area contributed by atoms with Crippen LogP contribution in [0.25, 0.3) is 0 Å². The van der Waals surface area contributed by atoms with Gasteiger partial charge in [-0.05, 0) is 49.1 Å². The molecule has 32 heavy (non-hydrogen) atoms. The number of nitrogens with zero attached hydrogens (tertiary/aromatic N) is 1. The molecule has 1 N–H and O–H groups in total. The molecule has 5 nitrogen and oxygen atoms in total. The van der Waals surface area contributed by atoms with Crippen LogP contribution in [0.2, 0.25) is 5.02 Å². The first-order valence-corrected chi connectivity index (χ1v) is 12.2. The molecule has 0 heterocycles. The Balaban J connectivity index is 1.70. The zero-order valence-electron chi connectivity index (χ0n) is 18.2. The Kier molecular flexibility index (Phi) is 8.07. The van der Waals surface area contributed by atoms with Crippen LogP contribution in [0, 0.1) is 0 Å². The summed E-state index contributed by atoms with van der Waals surface area (Å²) >= 11 is 6.24. The van der Waals surface area contributed by atoms with Crippen LogP contribution in [0.3, 0.4) is 0 Å². The molecule has 0 radical (unpaired) electrons. The predicted octanol–water partition coefficient (Wildman–Crippen LogP) is 4.91. The molecule has 0 aromatic heterocycles. The maximum atomic E-state index is 13.1. The largest absolute Gasteiger partial charge is 0.350 e. The number of amides is 1. The highest BCUT2D eigenvalue weighted by Gasteiger charge is 2.24. The summed E-state index contributed by atoms with van der Waals surface area (Å²) in [5.41, 5.74) is 2.21. The average molecular weight is 471 g/mol. The average Bonchev–Trinajstić information content (AvgIpc) is 2.79. The van der Waals surface area contributed by atoms with Gasteiger partial charge in [0.25, 0.3) is 5.91 Å². The minimum absolute atomic E-state index is 0.0300. The van der Waals surface area contributed by atoms with E-state index < -0.39 is 15.9 Å². The van der Waals surface area contributed by atoms with Gasteiger partial charge < -0.3 is 5.32 Å². The molecule has 0 spiro atoms. The van der Waals surface area contributed by atoms with E-state index in [1.807, 2.05) is 67.6 Å². The second kappa shape index (κ2) is 10.8. The summed E-state index contributed by atoms with van der Waals surface area (Å²) in [5, 5.41) is 3.13. The lowest BCUT2D eigenvalue weighted by molar-refractivity contribution is 0.0938. The van der Waals surface area contributed by atoms with E-state index in [-0.39, 0.29) is 28.1 Å². The van der Waals surface area contributed by atoms with Crippen LogP contribution in [-0.4, -0.2) is 31.7 Å². The molecular weight excluding hydrogens is 444 g/mol. The lowest BCUT2D eigenvalue weighted by Crippen LogP contribution is -2.33. The van der Waals surface area contributed by atoms with Gasteiger partial charge in [-0.1, -0.05) is 72.3 Å². The van der Waals surface area contributed by atoms with E-state index in [4.69, 9.17) is 11.6 Å². The Morgan fingerprint density at radius 2 is 1.56 bits per heavy atom. The monoisotopic (exact) mass is 470 g/mol. The fourth-order valence-corrected chi connectivity index (χ4v) is 4.73. The second-order valence-corrected chi connectivity index (χ2v) is 10.2. The van der Waals surface area contributed by atoms with Gasteiger partial charge in [-0.2, -0.15) is 4.31 Å². The zero-order chi connectivity index (χ0) is 23.1. The fourth-order valence-electron chi connectivity index (χ4n) is 3.35. The molecule has 1 atom stereocenters. The lowest BCUT2D eigenvalue weighted by atomic mass is 10.1. The van der Waals surface area contributed by atoms with E-state index in [1.54, 1.807) is 0 Å². The molecule has 0 saturated heterocycles. The summed E-state index contributed by atoms with van der Waals surface area (Å²) < 4.78 is 27.4. The smallest absolute Gasteiger partial charge is 0.253 e. The molecule has 168 valence electrons. The van der Waals surface area contributed by atoms with Crippen molar-refractivity contribution in [3.63, 3.8) is 0 Å². The molecule has 0 bridgehead atoms. The van der Waals surface area contributed by atoms with E-state index in [1.165, 1.54) is 35.1 Å². The van der Waals surface area contributed by atoms with Gasteiger partial charge in [-0.3, -0.25) is 4.79 Å². The molecule has 1 amide bonds. The van der Waals surface area contributed by atoms with Crippen molar-refractivity contribution >= 4 is 27.5 Å². The van der Waals surface area contributed by atoms with Crippen molar-refractivity contribution in [1.82, 2.24) is 9.62 Å². The van der Waals surface area contributed by atoms with Gasteiger partial charge in [0.1, 0.15) is 0 Å². The number of hydrogen-bond donors (Lipinski definition) is 1. The number of nitrogens with one attached hydrogen (secondary N) is 1. The normalized spacial score (nSPS) is 12.5. The number of halogens is 1. The molecular formula is C25H27ClN2O3S. The number of hydrogen-bond acceptors (Lipinski definition) is 3. The van der Waals surface area contributed by atoms with Crippen LogP contribution < -0.4 is 5.32 Å². The molecule has 0 aliphatic heterocycles. The summed E-state index contributed by atoms with van der Waals surface area (Å²) in [6, 6.07) is 23.5. The summed E-state index contributed by atoms with van der Waals surface area (Å²) in [4.78, 5) is 12.9. The number of carbonyl (C=O) groups is 1. The highest BCUT2D eigenvalue weighted by atomic mass is 35.5. The standard InChI is InChI=1S/C25H27ClN2O3S/c1-19(13-14-20-9-5-3-6-10-20)27-25(29)23-17-22(15-16-24(23)26)32(30,31)28(2)18-21-11-7-4-8-12-21/h3-12,15-17,19H,13-14,18H2,1-2H3,(H,27,29). The van der Waals surface area contributed by atoms with Crippen LogP contribution in [0.5, 0.6) is 0 Å². The molecule has 0 aliphatic rings. The van der Waals surface area contributed by atoms with E-state index in [0.29, 0.717) is 0 Å². The molecule has 3 aromatic carbocycles. The second-order valence-electron chi connectivity index (χ2n) is 7.79. The maximum Gasteiger partial charge on any atom is 0.253 e. The third-order valence-electron chi connectivity index (χ3n) is 5.23. The number of benzene rings is 3. The molecule has 0 aliphatic carbocycles.